The maximum atomic E-state index is 11.6. The van der Waals surface area contributed by atoms with Gasteiger partial charge in [0, 0.05) is 0 Å². The summed E-state index contributed by atoms with van der Waals surface area (Å²) in [6.45, 7) is 1.90. The first-order valence-corrected chi connectivity index (χ1v) is 7.91. The average molecular weight is 301 g/mol. The van der Waals surface area contributed by atoms with Crippen molar-refractivity contribution in [3.8, 4) is 5.75 Å². The molecule has 0 spiro atoms. The summed E-state index contributed by atoms with van der Waals surface area (Å²) in [7, 11) is -3.56. The molecule has 0 radical (unpaired) electrons. The molecule has 0 aliphatic heterocycles. The molecule has 7 heteroatoms. The van der Waals surface area contributed by atoms with E-state index >= 15 is 0 Å². The fourth-order valence-electron chi connectivity index (χ4n) is 1.53. The average Bonchev–Trinajstić information content (AvgIpc) is 2.38. The van der Waals surface area contributed by atoms with Crippen LogP contribution in [0.15, 0.2) is 24.3 Å². The van der Waals surface area contributed by atoms with E-state index in [4.69, 9.17) is 15.0 Å². The number of rotatable bonds is 8. The van der Waals surface area contributed by atoms with Crippen LogP contribution in [0.2, 0.25) is 0 Å². The van der Waals surface area contributed by atoms with Gasteiger partial charge in [0.05, 0.1) is 5.75 Å². The molecule has 0 saturated carbocycles. The summed E-state index contributed by atoms with van der Waals surface area (Å²) in [5.74, 6) is -0.879. The lowest BCUT2D eigenvalue weighted by molar-refractivity contribution is -0.138. The zero-order valence-electron chi connectivity index (χ0n) is 11.3. The fourth-order valence-corrected chi connectivity index (χ4v) is 2.66. The number of hydrogen-bond acceptors (Lipinski definition) is 5. The van der Waals surface area contributed by atoms with E-state index < -0.39 is 22.1 Å². The van der Waals surface area contributed by atoms with Crippen LogP contribution in [0.4, 0.5) is 0 Å². The minimum absolute atomic E-state index is 0.0187. The number of benzene rings is 1. The van der Waals surface area contributed by atoms with Crippen LogP contribution in [0, 0.1) is 0 Å². The Hall–Kier alpha value is -1.60. The van der Waals surface area contributed by atoms with E-state index in [1.807, 2.05) is 6.92 Å². The Kier molecular flexibility index (Phi) is 5.97. The van der Waals surface area contributed by atoms with Crippen molar-refractivity contribution in [1.29, 1.82) is 0 Å². The summed E-state index contributed by atoms with van der Waals surface area (Å²) < 4.78 is 28.1. The predicted molar refractivity (Wildman–Crippen MR) is 75.1 cm³/mol. The van der Waals surface area contributed by atoms with Crippen LogP contribution in [-0.4, -0.2) is 31.3 Å². The Balaban J connectivity index is 2.65. The number of nitrogens with two attached hydrogens (primary N) is 1. The van der Waals surface area contributed by atoms with E-state index in [0.717, 1.165) is 6.42 Å². The molecular formula is C13H19NO5S. The molecule has 0 fully saturated rings. The van der Waals surface area contributed by atoms with Crippen molar-refractivity contribution in [2.45, 2.75) is 32.2 Å². The van der Waals surface area contributed by atoms with Gasteiger partial charge in [-0.15, -0.1) is 0 Å². The molecule has 0 amide bonds. The molecule has 0 aliphatic carbocycles. The highest BCUT2D eigenvalue weighted by Gasteiger charge is 2.14. The molecular weight excluding hydrogens is 282 g/mol. The van der Waals surface area contributed by atoms with Crippen LogP contribution < -0.4 is 9.92 Å². The zero-order chi connectivity index (χ0) is 15.2. The Morgan fingerprint density at radius 1 is 1.35 bits per heavy atom. The van der Waals surface area contributed by atoms with E-state index in [9.17, 15) is 13.2 Å². The molecule has 0 bridgehead atoms. The topological polar surface area (TPSA) is 107 Å². The molecule has 1 atom stereocenters. The number of carboxylic acids is 1. The van der Waals surface area contributed by atoms with Gasteiger partial charge in [0.1, 0.15) is 11.8 Å². The third kappa shape index (κ3) is 5.58. The van der Waals surface area contributed by atoms with E-state index in [-0.39, 0.29) is 17.9 Å². The molecule has 6 nitrogen and oxygen atoms in total. The normalized spacial score (nSPS) is 12.9. The number of hydrogen-bond donors (Lipinski definition) is 2. The maximum Gasteiger partial charge on any atom is 0.320 e. The summed E-state index contributed by atoms with van der Waals surface area (Å²) in [6, 6.07) is 5.22. The quantitative estimate of drug-likeness (QED) is 0.698. The van der Waals surface area contributed by atoms with E-state index in [0.29, 0.717) is 12.0 Å². The van der Waals surface area contributed by atoms with Crippen molar-refractivity contribution < 1.29 is 22.5 Å². The van der Waals surface area contributed by atoms with Gasteiger partial charge in [0.15, 0.2) is 0 Å². The van der Waals surface area contributed by atoms with Gasteiger partial charge in [0.2, 0.25) is 0 Å². The lowest BCUT2D eigenvalue weighted by Crippen LogP contribution is -2.32. The second kappa shape index (κ2) is 7.25. The van der Waals surface area contributed by atoms with Crippen molar-refractivity contribution in [2.75, 3.05) is 5.75 Å². The molecule has 1 aromatic carbocycles. The Labute approximate surface area is 118 Å². The van der Waals surface area contributed by atoms with Crippen molar-refractivity contribution in [3.05, 3.63) is 29.8 Å². The minimum atomic E-state index is -3.56. The minimum Gasteiger partial charge on any atom is -0.480 e. The first kappa shape index (κ1) is 16.5. The first-order chi connectivity index (χ1) is 9.34. The van der Waals surface area contributed by atoms with Crippen molar-refractivity contribution in [1.82, 2.24) is 0 Å². The van der Waals surface area contributed by atoms with Crippen LogP contribution in [0.25, 0.3) is 0 Å². The monoisotopic (exact) mass is 301 g/mol. The summed E-state index contributed by atoms with van der Waals surface area (Å²) >= 11 is 0. The lowest BCUT2D eigenvalue weighted by atomic mass is 10.1. The Morgan fingerprint density at radius 3 is 2.45 bits per heavy atom. The van der Waals surface area contributed by atoms with Crippen molar-refractivity contribution >= 4 is 16.1 Å². The molecule has 20 heavy (non-hydrogen) atoms. The highest BCUT2D eigenvalue weighted by Crippen LogP contribution is 2.16. The van der Waals surface area contributed by atoms with Crippen molar-refractivity contribution in [2.24, 2.45) is 5.73 Å². The van der Waals surface area contributed by atoms with Gasteiger partial charge >= 0.3 is 16.1 Å². The zero-order valence-corrected chi connectivity index (χ0v) is 12.1. The summed E-state index contributed by atoms with van der Waals surface area (Å²) in [6.07, 6.45) is 1.50. The van der Waals surface area contributed by atoms with Gasteiger partial charge in [-0.1, -0.05) is 25.5 Å². The van der Waals surface area contributed by atoms with Gasteiger partial charge in [-0.05, 0) is 30.5 Å². The SMILES string of the molecule is CCCCS(=O)(=O)Oc1ccc(C[C@H](N)C(=O)O)cc1. The third-order valence-electron chi connectivity index (χ3n) is 2.67. The van der Waals surface area contributed by atoms with Crippen LogP contribution >= 0.6 is 0 Å². The Morgan fingerprint density at radius 2 is 1.95 bits per heavy atom. The lowest BCUT2D eigenvalue weighted by Gasteiger charge is -2.09. The van der Waals surface area contributed by atoms with Crippen LogP contribution in [0.1, 0.15) is 25.3 Å². The number of aliphatic carboxylic acids is 1. The standard InChI is InChI=1S/C13H19NO5S/c1-2-3-8-20(17,18)19-11-6-4-10(5-7-11)9-12(14)13(15)16/h4-7,12H,2-3,8-9,14H2,1H3,(H,15,16)/t12-/m0/s1. The van der Waals surface area contributed by atoms with Crippen LogP contribution in [-0.2, 0) is 21.3 Å². The first-order valence-electron chi connectivity index (χ1n) is 6.33. The molecule has 0 heterocycles. The van der Waals surface area contributed by atoms with E-state index in [1.54, 1.807) is 12.1 Å². The van der Waals surface area contributed by atoms with Gasteiger partial charge in [-0.25, -0.2) is 0 Å². The predicted octanol–water partition coefficient (Wildman–Crippen LogP) is 1.15. The molecule has 1 aromatic rings. The van der Waals surface area contributed by atoms with Crippen LogP contribution in [0.5, 0.6) is 5.75 Å². The molecule has 0 aliphatic rings. The number of carbonyl (C=O) groups is 1. The summed E-state index contributed by atoms with van der Waals surface area (Å²) in [5.41, 5.74) is 6.12. The van der Waals surface area contributed by atoms with E-state index in [1.165, 1.54) is 12.1 Å². The Bertz CT molecular complexity index is 538. The maximum absolute atomic E-state index is 11.6. The number of carboxylic acid groups (broad SMARTS) is 1. The highest BCUT2D eigenvalue weighted by atomic mass is 32.2. The molecule has 0 aromatic heterocycles. The van der Waals surface area contributed by atoms with Gasteiger partial charge in [-0.2, -0.15) is 8.42 Å². The summed E-state index contributed by atoms with van der Waals surface area (Å²) in [4.78, 5) is 10.6. The summed E-state index contributed by atoms with van der Waals surface area (Å²) in [5, 5.41) is 8.70. The van der Waals surface area contributed by atoms with Crippen molar-refractivity contribution in [3.63, 3.8) is 0 Å². The van der Waals surface area contributed by atoms with Gasteiger partial charge < -0.3 is 15.0 Å². The van der Waals surface area contributed by atoms with E-state index in [2.05, 4.69) is 0 Å². The third-order valence-corrected chi connectivity index (χ3v) is 3.90. The number of unbranched alkanes of at least 4 members (excludes halogenated alkanes) is 1. The van der Waals surface area contributed by atoms with Gasteiger partial charge in [-0.3, -0.25) is 4.79 Å². The molecule has 0 unspecified atom stereocenters. The molecule has 112 valence electrons. The molecule has 1 rings (SSSR count). The van der Waals surface area contributed by atoms with Gasteiger partial charge in [0.25, 0.3) is 0 Å². The molecule has 0 saturated heterocycles. The highest BCUT2D eigenvalue weighted by molar-refractivity contribution is 7.87. The smallest absolute Gasteiger partial charge is 0.320 e. The second-order valence-corrected chi connectivity index (χ2v) is 6.18. The largest absolute Gasteiger partial charge is 0.480 e. The fraction of sp³-hybridized carbons (Fsp3) is 0.462. The second-order valence-electron chi connectivity index (χ2n) is 4.49. The van der Waals surface area contributed by atoms with Crippen LogP contribution in [0.3, 0.4) is 0 Å². The molecule has 3 N–H and O–H groups in total.